The number of hydrogen-bond acceptors (Lipinski definition) is 1. The quantitative estimate of drug-likeness (QED) is 0.639. The zero-order valence-electron chi connectivity index (χ0n) is 7.75. The van der Waals surface area contributed by atoms with Gasteiger partial charge in [0.05, 0.1) is 11.1 Å². The van der Waals surface area contributed by atoms with E-state index in [4.69, 9.17) is 0 Å². The molecular weight excluding hydrogens is 226 g/mol. The number of halogens is 4. The van der Waals surface area contributed by atoms with E-state index in [0.29, 0.717) is 0 Å². The van der Waals surface area contributed by atoms with E-state index in [9.17, 15) is 22.4 Å². The maximum Gasteiger partial charge on any atom is 0.417 e. The Morgan fingerprint density at radius 3 is 2.38 bits per heavy atom. The molecule has 1 aromatic carbocycles. The molecule has 16 heavy (non-hydrogen) atoms. The number of alkyl halides is 3. The van der Waals surface area contributed by atoms with Gasteiger partial charge in [0.25, 0.3) is 5.56 Å². The van der Waals surface area contributed by atoms with E-state index in [-0.39, 0.29) is 21.8 Å². The standard InChI is InChI=1S/C10H5F4NO/c11-10(12,13)7-5-9(16)15(14)8-4-2-1-3-6(7)8/h1-5H. The summed E-state index contributed by atoms with van der Waals surface area (Å²) in [5.74, 6) is 0. The number of fused-ring (bicyclic) bond motifs is 1. The first-order valence-electron chi connectivity index (χ1n) is 4.29. The van der Waals surface area contributed by atoms with Gasteiger partial charge in [-0.15, -0.1) is 4.79 Å². The Balaban J connectivity index is 2.97. The zero-order valence-corrected chi connectivity index (χ0v) is 7.75. The number of rotatable bonds is 0. The van der Waals surface area contributed by atoms with Gasteiger partial charge < -0.3 is 0 Å². The highest BCUT2D eigenvalue weighted by Crippen LogP contribution is 2.33. The van der Waals surface area contributed by atoms with Crippen LogP contribution in [-0.2, 0) is 6.18 Å². The predicted octanol–water partition coefficient (Wildman–Crippen LogP) is 2.75. The molecule has 0 saturated carbocycles. The molecule has 1 heterocycles. The summed E-state index contributed by atoms with van der Waals surface area (Å²) in [5, 5.41) is -0.336. The van der Waals surface area contributed by atoms with Crippen molar-refractivity contribution in [1.82, 2.24) is 4.79 Å². The lowest BCUT2D eigenvalue weighted by molar-refractivity contribution is -0.136. The van der Waals surface area contributed by atoms with Gasteiger partial charge in [-0.05, 0) is 6.07 Å². The Hall–Kier alpha value is -1.85. The fourth-order valence-corrected chi connectivity index (χ4v) is 1.48. The third-order valence-corrected chi connectivity index (χ3v) is 2.17. The van der Waals surface area contributed by atoms with Crippen LogP contribution < -0.4 is 5.56 Å². The maximum absolute atomic E-state index is 13.2. The monoisotopic (exact) mass is 231 g/mol. The summed E-state index contributed by atoms with van der Waals surface area (Å²) in [6, 6.07) is 5.20. The molecule has 0 fully saturated rings. The average molecular weight is 231 g/mol. The highest BCUT2D eigenvalue weighted by atomic mass is 19.4. The first-order chi connectivity index (χ1) is 7.41. The SMILES string of the molecule is O=c1cc(C(F)(F)F)c2ccccc2n1F. The van der Waals surface area contributed by atoms with E-state index in [1.54, 1.807) is 0 Å². The van der Waals surface area contributed by atoms with Crippen molar-refractivity contribution in [3.8, 4) is 0 Å². The summed E-state index contributed by atoms with van der Waals surface area (Å²) < 4.78 is 50.9. The van der Waals surface area contributed by atoms with Gasteiger partial charge in [0.15, 0.2) is 0 Å². The molecule has 0 N–H and O–H groups in total. The van der Waals surface area contributed by atoms with Crippen molar-refractivity contribution < 1.29 is 17.7 Å². The topological polar surface area (TPSA) is 22.0 Å². The van der Waals surface area contributed by atoms with E-state index >= 15 is 0 Å². The van der Waals surface area contributed by atoms with Crippen LogP contribution in [-0.4, -0.2) is 4.79 Å². The van der Waals surface area contributed by atoms with Gasteiger partial charge in [0, 0.05) is 11.5 Å². The molecule has 2 rings (SSSR count). The molecule has 2 nitrogen and oxygen atoms in total. The lowest BCUT2D eigenvalue weighted by Crippen LogP contribution is -2.18. The lowest BCUT2D eigenvalue weighted by atomic mass is 10.1. The van der Waals surface area contributed by atoms with Crippen LogP contribution in [0, 0.1) is 0 Å². The van der Waals surface area contributed by atoms with E-state index in [2.05, 4.69) is 0 Å². The van der Waals surface area contributed by atoms with Crippen LogP contribution in [0.1, 0.15) is 5.56 Å². The molecule has 2 aromatic rings. The number of nitrogens with zero attached hydrogens (tertiary/aromatic N) is 1. The van der Waals surface area contributed by atoms with Gasteiger partial charge in [-0.1, -0.05) is 22.7 Å². The second-order valence-corrected chi connectivity index (χ2v) is 3.19. The zero-order chi connectivity index (χ0) is 11.9. The Morgan fingerprint density at radius 1 is 1.12 bits per heavy atom. The summed E-state index contributed by atoms with van der Waals surface area (Å²) in [6.07, 6.45) is -4.67. The number of para-hydroxylation sites is 1. The number of benzene rings is 1. The van der Waals surface area contributed by atoms with Crippen LogP contribution in [0.15, 0.2) is 35.1 Å². The van der Waals surface area contributed by atoms with E-state index < -0.39 is 17.3 Å². The van der Waals surface area contributed by atoms with Crippen molar-refractivity contribution in [2.24, 2.45) is 0 Å². The fraction of sp³-hybridized carbons (Fsp3) is 0.100. The first kappa shape index (κ1) is 10.7. The fourth-order valence-electron chi connectivity index (χ4n) is 1.48. The number of aromatic nitrogens is 1. The second-order valence-electron chi connectivity index (χ2n) is 3.19. The molecule has 0 aliphatic carbocycles. The smallest absolute Gasteiger partial charge is 0.267 e. The molecular formula is C10H5F4NO. The summed E-state index contributed by atoms with van der Waals surface area (Å²) in [7, 11) is 0. The minimum Gasteiger partial charge on any atom is -0.267 e. The van der Waals surface area contributed by atoms with Crippen LogP contribution in [0.4, 0.5) is 17.7 Å². The molecule has 0 radical (unpaired) electrons. The van der Waals surface area contributed by atoms with Gasteiger partial charge >= 0.3 is 6.18 Å². The Bertz CT molecular complexity index is 600. The highest BCUT2D eigenvalue weighted by molar-refractivity contribution is 5.82. The van der Waals surface area contributed by atoms with Crippen LogP contribution in [0.5, 0.6) is 0 Å². The van der Waals surface area contributed by atoms with Crippen molar-refractivity contribution in [3.63, 3.8) is 0 Å². The third-order valence-electron chi connectivity index (χ3n) is 2.17. The number of pyridine rings is 1. The van der Waals surface area contributed by atoms with Gasteiger partial charge in [-0.2, -0.15) is 13.2 Å². The van der Waals surface area contributed by atoms with Crippen molar-refractivity contribution >= 4 is 10.9 Å². The molecule has 1 aromatic heterocycles. The van der Waals surface area contributed by atoms with Gasteiger partial charge in [0.2, 0.25) is 0 Å². The van der Waals surface area contributed by atoms with Crippen LogP contribution in [0.3, 0.4) is 0 Å². The van der Waals surface area contributed by atoms with E-state index in [1.807, 2.05) is 0 Å². The molecule has 0 amide bonds. The lowest BCUT2D eigenvalue weighted by Gasteiger charge is -2.10. The molecule has 0 bridgehead atoms. The van der Waals surface area contributed by atoms with Crippen molar-refractivity contribution in [2.75, 3.05) is 0 Å². The summed E-state index contributed by atoms with van der Waals surface area (Å²) in [4.78, 5) is 10.7. The molecule has 0 aliphatic heterocycles. The Labute approximate surface area is 86.7 Å². The summed E-state index contributed by atoms with van der Waals surface area (Å²) in [5.41, 5.74) is -2.84. The van der Waals surface area contributed by atoms with Gasteiger partial charge in [-0.25, -0.2) is 0 Å². The average Bonchev–Trinajstić information content (AvgIpc) is 2.22. The molecule has 0 aliphatic rings. The normalized spacial score (nSPS) is 12.0. The minimum absolute atomic E-state index is 0.252. The second kappa shape index (κ2) is 3.33. The van der Waals surface area contributed by atoms with Crippen molar-refractivity contribution in [2.45, 2.75) is 6.18 Å². The third kappa shape index (κ3) is 1.56. The van der Waals surface area contributed by atoms with Crippen LogP contribution in [0.25, 0.3) is 10.9 Å². The Kier molecular flexibility index (Phi) is 2.22. The van der Waals surface area contributed by atoms with Crippen molar-refractivity contribution in [1.29, 1.82) is 0 Å². The summed E-state index contributed by atoms with van der Waals surface area (Å²) >= 11 is 0. The van der Waals surface area contributed by atoms with Crippen LogP contribution >= 0.6 is 0 Å². The van der Waals surface area contributed by atoms with Gasteiger partial charge in [0.1, 0.15) is 0 Å². The minimum atomic E-state index is -4.67. The predicted molar refractivity (Wildman–Crippen MR) is 49.7 cm³/mol. The molecule has 0 spiro atoms. The van der Waals surface area contributed by atoms with Gasteiger partial charge in [-0.3, -0.25) is 4.79 Å². The van der Waals surface area contributed by atoms with Crippen LogP contribution in [0.2, 0.25) is 0 Å². The molecule has 6 heteroatoms. The Morgan fingerprint density at radius 2 is 1.75 bits per heavy atom. The molecule has 0 atom stereocenters. The maximum atomic E-state index is 13.2. The summed E-state index contributed by atoms with van der Waals surface area (Å²) in [6.45, 7) is 0. The molecule has 0 saturated heterocycles. The van der Waals surface area contributed by atoms with E-state index in [0.717, 1.165) is 12.1 Å². The largest absolute Gasteiger partial charge is 0.417 e. The number of hydrogen-bond donors (Lipinski definition) is 0. The van der Waals surface area contributed by atoms with E-state index in [1.165, 1.54) is 12.1 Å². The molecule has 0 unspecified atom stereocenters. The highest BCUT2D eigenvalue weighted by Gasteiger charge is 2.33. The first-order valence-corrected chi connectivity index (χ1v) is 4.29. The molecule has 84 valence electrons. The van der Waals surface area contributed by atoms with Crippen molar-refractivity contribution in [3.05, 3.63) is 46.2 Å².